The minimum atomic E-state index is 0.897. The average molecular weight is 791 g/mol. The molecular formula is C60H38O2. The molecule has 0 aliphatic heterocycles. The molecule has 0 bridgehead atoms. The molecule has 0 saturated carbocycles. The third-order valence-corrected chi connectivity index (χ3v) is 12.3. The van der Waals surface area contributed by atoms with Gasteiger partial charge in [0.25, 0.3) is 0 Å². The first-order chi connectivity index (χ1) is 30.7. The van der Waals surface area contributed by atoms with Gasteiger partial charge in [-0.25, -0.2) is 0 Å². The standard InChI is InChI=1S/C60H38O2/c1-3-11-39(12-4-1)49-23-27-57-53(35-49)55-37-51(25-29-59(55)61-57)47-21-9-19-45(33-47)43-17-7-15-41(31-43)42-16-8-18-44(32-42)46-20-10-22-48(34-46)52-26-30-60-56(38-52)54-36-50(24-28-58(54)62-60)40-13-5-2-6-14-40/h1-38H. The Morgan fingerprint density at radius 3 is 0.629 bits per heavy atom. The van der Waals surface area contributed by atoms with E-state index < -0.39 is 0 Å². The molecule has 2 heterocycles. The summed E-state index contributed by atoms with van der Waals surface area (Å²) >= 11 is 0. The van der Waals surface area contributed by atoms with E-state index in [0.717, 1.165) is 55.0 Å². The van der Waals surface area contributed by atoms with E-state index in [9.17, 15) is 0 Å². The topological polar surface area (TPSA) is 26.3 Å². The van der Waals surface area contributed by atoms with E-state index in [1.807, 2.05) is 0 Å². The second kappa shape index (κ2) is 14.8. The van der Waals surface area contributed by atoms with E-state index in [-0.39, 0.29) is 0 Å². The van der Waals surface area contributed by atoms with Crippen LogP contribution >= 0.6 is 0 Å². The fraction of sp³-hybridized carbons (Fsp3) is 0. The molecule has 12 aromatic rings. The lowest BCUT2D eigenvalue weighted by Crippen LogP contribution is -1.85. The highest BCUT2D eigenvalue weighted by molar-refractivity contribution is 6.09. The Kier molecular flexibility index (Phi) is 8.53. The first-order valence-electron chi connectivity index (χ1n) is 21.1. The molecule has 0 amide bonds. The lowest BCUT2D eigenvalue weighted by molar-refractivity contribution is 0.668. The predicted octanol–water partition coefficient (Wildman–Crippen LogP) is 17.2. The molecule has 10 aromatic carbocycles. The summed E-state index contributed by atoms with van der Waals surface area (Å²) < 4.78 is 12.6. The Labute approximate surface area is 359 Å². The molecule has 2 aromatic heterocycles. The van der Waals surface area contributed by atoms with Gasteiger partial charge in [0.15, 0.2) is 0 Å². The first-order valence-corrected chi connectivity index (χ1v) is 21.1. The third kappa shape index (κ3) is 6.46. The molecule has 0 spiro atoms. The molecule has 0 radical (unpaired) electrons. The van der Waals surface area contributed by atoms with Gasteiger partial charge in [-0.3, -0.25) is 0 Å². The normalized spacial score (nSPS) is 11.5. The van der Waals surface area contributed by atoms with E-state index in [0.29, 0.717) is 0 Å². The molecule has 2 nitrogen and oxygen atoms in total. The van der Waals surface area contributed by atoms with Gasteiger partial charge < -0.3 is 8.83 Å². The summed E-state index contributed by atoms with van der Waals surface area (Å²) in [6.07, 6.45) is 0. The van der Waals surface area contributed by atoms with Gasteiger partial charge in [0.1, 0.15) is 22.3 Å². The number of hydrogen-bond acceptors (Lipinski definition) is 2. The van der Waals surface area contributed by atoms with E-state index in [1.165, 1.54) is 66.8 Å². The van der Waals surface area contributed by atoms with Crippen LogP contribution in [0, 0.1) is 0 Å². The van der Waals surface area contributed by atoms with E-state index in [2.05, 4.69) is 231 Å². The SMILES string of the molecule is c1ccc(-c2ccc3oc4ccc(-c5cccc(-c6cccc(-c7cccc(-c8cccc(-c9ccc%10oc%11ccc(-c%12ccccc%12)cc%11c%10c9)c8)c7)c6)c5)cc4c3c2)cc1. The molecule has 0 atom stereocenters. The van der Waals surface area contributed by atoms with Crippen LogP contribution in [0.5, 0.6) is 0 Å². The van der Waals surface area contributed by atoms with Gasteiger partial charge in [0, 0.05) is 21.5 Å². The maximum absolute atomic E-state index is 6.28. The van der Waals surface area contributed by atoms with Crippen LogP contribution in [-0.2, 0) is 0 Å². The summed E-state index contributed by atoms with van der Waals surface area (Å²) in [7, 11) is 0. The molecule has 0 unspecified atom stereocenters. The van der Waals surface area contributed by atoms with Crippen molar-refractivity contribution in [2.45, 2.75) is 0 Å². The lowest BCUT2D eigenvalue weighted by Gasteiger charge is -2.11. The van der Waals surface area contributed by atoms with E-state index in [4.69, 9.17) is 8.83 Å². The van der Waals surface area contributed by atoms with Crippen LogP contribution in [0.15, 0.2) is 239 Å². The van der Waals surface area contributed by atoms with Gasteiger partial charge in [-0.1, -0.05) is 158 Å². The van der Waals surface area contributed by atoms with Crippen molar-refractivity contribution in [2.75, 3.05) is 0 Å². The molecule has 0 saturated heterocycles. The van der Waals surface area contributed by atoms with Crippen LogP contribution < -0.4 is 0 Å². The zero-order valence-electron chi connectivity index (χ0n) is 33.8. The van der Waals surface area contributed by atoms with Crippen molar-refractivity contribution in [1.82, 2.24) is 0 Å². The van der Waals surface area contributed by atoms with Crippen LogP contribution in [-0.4, -0.2) is 0 Å². The Balaban J connectivity index is 0.840. The number of benzene rings is 10. The highest BCUT2D eigenvalue weighted by atomic mass is 16.3. The summed E-state index contributed by atoms with van der Waals surface area (Å²) in [5.41, 5.74) is 20.1. The predicted molar refractivity (Wildman–Crippen MR) is 259 cm³/mol. The molecule has 0 fully saturated rings. The monoisotopic (exact) mass is 790 g/mol. The van der Waals surface area contributed by atoms with Gasteiger partial charge in [-0.15, -0.1) is 0 Å². The van der Waals surface area contributed by atoms with Crippen molar-refractivity contribution in [1.29, 1.82) is 0 Å². The second-order valence-corrected chi connectivity index (χ2v) is 16.1. The fourth-order valence-electron chi connectivity index (χ4n) is 9.05. The molecule has 290 valence electrons. The fourth-order valence-corrected chi connectivity index (χ4v) is 9.05. The maximum Gasteiger partial charge on any atom is 0.135 e. The lowest BCUT2D eigenvalue weighted by atomic mass is 9.93. The van der Waals surface area contributed by atoms with Crippen LogP contribution in [0.2, 0.25) is 0 Å². The quantitative estimate of drug-likeness (QED) is 0.161. The highest BCUT2D eigenvalue weighted by Crippen LogP contribution is 2.39. The van der Waals surface area contributed by atoms with Crippen LogP contribution in [0.4, 0.5) is 0 Å². The van der Waals surface area contributed by atoms with Gasteiger partial charge in [0.05, 0.1) is 0 Å². The van der Waals surface area contributed by atoms with Crippen LogP contribution in [0.25, 0.3) is 122 Å². The molecule has 0 aliphatic carbocycles. The minimum absolute atomic E-state index is 0.897. The number of rotatable bonds is 7. The minimum Gasteiger partial charge on any atom is -0.456 e. The van der Waals surface area contributed by atoms with Crippen LogP contribution in [0.3, 0.4) is 0 Å². The van der Waals surface area contributed by atoms with Crippen molar-refractivity contribution < 1.29 is 8.83 Å². The Morgan fingerprint density at radius 2 is 0.371 bits per heavy atom. The Hall–Kier alpha value is -8.20. The summed E-state index contributed by atoms with van der Waals surface area (Å²) in [4.78, 5) is 0. The zero-order valence-corrected chi connectivity index (χ0v) is 33.8. The van der Waals surface area contributed by atoms with Crippen molar-refractivity contribution in [3.8, 4) is 77.9 Å². The molecule has 12 rings (SSSR count). The first kappa shape index (κ1) is 35.7. The largest absolute Gasteiger partial charge is 0.456 e. The van der Waals surface area contributed by atoms with Crippen molar-refractivity contribution in [2.24, 2.45) is 0 Å². The maximum atomic E-state index is 6.28. The van der Waals surface area contributed by atoms with Gasteiger partial charge in [-0.2, -0.15) is 0 Å². The van der Waals surface area contributed by atoms with Crippen molar-refractivity contribution in [3.63, 3.8) is 0 Å². The van der Waals surface area contributed by atoms with E-state index in [1.54, 1.807) is 0 Å². The number of fused-ring (bicyclic) bond motifs is 6. The highest BCUT2D eigenvalue weighted by Gasteiger charge is 2.14. The molecule has 2 heteroatoms. The van der Waals surface area contributed by atoms with E-state index >= 15 is 0 Å². The molecular weight excluding hydrogens is 753 g/mol. The van der Waals surface area contributed by atoms with Crippen LogP contribution in [0.1, 0.15) is 0 Å². The Bertz CT molecular complexity index is 3380. The zero-order chi connectivity index (χ0) is 41.0. The number of furan rings is 2. The van der Waals surface area contributed by atoms with Crippen molar-refractivity contribution >= 4 is 43.9 Å². The molecule has 0 N–H and O–H groups in total. The van der Waals surface area contributed by atoms with Crippen molar-refractivity contribution in [3.05, 3.63) is 231 Å². The van der Waals surface area contributed by atoms with Gasteiger partial charge in [0.2, 0.25) is 0 Å². The average Bonchev–Trinajstić information content (AvgIpc) is 3.91. The molecule has 62 heavy (non-hydrogen) atoms. The summed E-state index contributed by atoms with van der Waals surface area (Å²) in [5.74, 6) is 0. The second-order valence-electron chi connectivity index (χ2n) is 16.1. The summed E-state index contributed by atoms with van der Waals surface area (Å²) in [5, 5.41) is 4.50. The Morgan fingerprint density at radius 1 is 0.161 bits per heavy atom. The smallest absolute Gasteiger partial charge is 0.135 e. The van der Waals surface area contributed by atoms with Gasteiger partial charge >= 0.3 is 0 Å². The summed E-state index contributed by atoms with van der Waals surface area (Å²) in [6.45, 7) is 0. The van der Waals surface area contributed by atoms with Gasteiger partial charge in [-0.05, 0) is 151 Å². The third-order valence-electron chi connectivity index (χ3n) is 12.3. The summed E-state index contributed by atoms with van der Waals surface area (Å²) in [6, 6.07) is 82.5. The number of hydrogen-bond donors (Lipinski definition) is 0. The molecule has 0 aliphatic rings.